The molecule has 3 aromatic heterocycles. The fourth-order valence-corrected chi connectivity index (χ4v) is 6.51. The Hall–Kier alpha value is -2.44. The van der Waals surface area contributed by atoms with E-state index >= 15 is 0 Å². The summed E-state index contributed by atoms with van der Waals surface area (Å²) in [4.78, 5) is 17.0. The summed E-state index contributed by atoms with van der Waals surface area (Å²) in [5.41, 5.74) is 13.9. The highest BCUT2D eigenvalue weighted by atomic mass is 32.1. The number of aliphatic hydroxyl groups is 3. The van der Waals surface area contributed by atoms with Crippen molar-refractivity contribution in [2.75, 3.05) is 18.6 Å². The predicted octanol–water partition coefficient (Wildman–Crippen LogP) is 3.89. The molecule has 0 spiro atoms. The van der Waals surface area contributed by atoms with E-state index < -0.39 is 17.8 Å². The number of anilines is 2. The molecule has 0 aromatic carbocycles. The fourth-order valence-electron chi connectivity index (χ4n) is 5.39. The summed E-state index contributed by atoms with van der Waals surface area (Å²) in [5.74, 6) is 1.21. The molecule has 6 atom stereocenters. The highest BCUT2D eigenvalue weighted by molar-refractivity contribution is 7.21. The van der Waals surface area contributed by atoms with Crippen LogP contribution in [-0.4, -0.2) is 66.3 Å². The lowest BCUT2D eigenvalue weighted by atomic mass is 9.87. The number of nitrogen functional groups attached to an aromatic ring is 2. The van der Waals surface area contributed by atoms with E-state index in [-0.39, 0.29) is 17.8 Å². The van der Waals surface area contributed by atoms with Gasteiger partial charge >= 0.3 is 0 Å². The van der Waals surface area contributed by atoms with Crippen molar-refractivity contribution in [3.8, 4) is 10.6 Å². The van der Waals surface area contributed by atoms with E-state index in [0.717, 1.165) is 38.1 Å². The molecule has 0 bridgehead atoms. The van der Waals surface area contributed by atoms with Crippen LogP contribution >= 0.6 is 11.3 Å². The van der Waals surface area contributed by atoms with Gasteiger partial charge in [-0.25, -0.2) is 9.97 Å². The number of fused-ring (bicyclic) bond motifs is 1. The van der Waals surface area contributed by atoms with Crippen LogP contribution in [0.1, 0.15) is 64.8 Å². The van der Waals surface area contributed by atoms with E-state index in [0.29, 0.717) is 18.3 Å². The number of methoxy groups -OCH3 is 1. The summed E-state index contributed by atoms with van der Waals surface area (Å²) >= 11 is 1.55. The second-order valence-corrected chi connectivity index (χ2v) is 12.4. The van der Waals surface area contributed by atoms with Gasteiger partial charge < -0.3 is 31.5 Å². The van der Waals surface area contributed by atoms with Crippen LogP contribution < -0.4 is 11.5 Å². The lowest BCUT2D eigenvalue weighted by Crippen LogP contribution is -2.39. The zero-order chi connectivity index (χ0) is 29.1. The van der Waals surface area contributed by atoms with Crippen LogP contribution in [0.4, 0.5) is 11.8 Å². The van der Waals surface area contributed by atoms with E-state index in [9.17, 15) is 15.3 Å². The van der Waals surface area contributed by atoms with E-state index in [2.05, 4.69) is 26.9 Å². The summed E-state index contributed by atoms with van der Waals surface area (Å²) in [7, 11) is 1.81. The largest absolute Gasteiger partial charge is 0.390 e. The average molecular weight is 561 g/mol. The smallest absolute Gasteiger partial charge is 0.222 e. The van der Waals surface area contributed by atoms with Gasteiger partial charge in [0.2, 0.25) is 5.95 Å². The third-order valence-electron chi connectivity index (χ3n) is 7.80. The normalized spacial score (nSPS) is 26.6. The molecular weight excluding hydrogens is 516 g/mol. The molecule has 0 radical (unpaired) electrons. The second kappa shape index (κ2) is 12.8. The number of nitrogens with zero attached hydrogens (tertiary/aromatic N) is 4. The van der Waals surface area contributed by atoms with E-state index in [1.807, 2.05) is 33.9 Å². The van der Waals surface area contributed by atoms with E-state index in [4.69, 9.17) is 16.2 Å². The van der Waals surface area contributed by atoms with E-state index in [1.165, 1.54) is 19.3 Å². The lowest BCUT2D eigenvalue weighted by molar-refractivity contribution is -0.0615. The summed E-state index contributed by atoms with van der Waals surface area (Å²) in [6, 6.07) is 1.94. The number of ether oxygens (including phenoxy) is 1. The van der Waals surface area contributed by atoms with Crippen LogP contribution in [-0.2, 0) is 4.74 Å². The number of thiazole rings is 1. The van der Waals surface area contributed by atoms with Crippen molar-refractivity contribution in [1.82, 2.24) is 19.9 Å². The SMILES string of the molecule is CO[C@@H]1CCC[C@@H]1C.C[C@@H]1CC(C(C)(C)O)[C@@H](O)[C@H]1O.Cc1nc(N)nc(N)c1-c1nc2c(C)nccc2s1. The van der Waals surface area contributed by atoms with Gasteiger partial charge in [0.1, 0.15) is 16.3 Å². The number of aromatic nitrogens is 4. The number of aryl methyl sites for hydroxylation is 2. The summed E-state index contributed by atoms with van der Waals surface area (Å²) in [5, 5.41) is 29.4. The molecule has 2 aliphatic carbocycles. The van der Waals surface area contributed by atoms with Gasteiger partial charge in [0, 0.05) is 19.2 Å². The van der Waals surface area contributed by atoms with Crippen LogP contribution in [0, 0.1) is 31.6 Å². The first-order chi connectivity index (χ1) is 18.2. The summed E-state index contributed by atoms with van der Waals surface area (Å²) < 4.78 is 6.29. The molecule has 0 saturated heterocycles. The molecule has 1 unspecified atom stereocenters. The fraction of sp³-hybridized carbons (Fsp3) is 0.643. The van der Waals surface area contributed by atoms with Gasteiger partial charge in [-0.3, -0.25) is 4.98 Å². The highest BCUT2D eigenvalue weighted by Crippen LogP contribution is 2.38. The van der Waals surface area contributed by atoms with Gasteiger partial charge in [-0.05, 0) is 64.9 Å². The maximum absolute atomic E-state index is 9.65. The molecule has 39 heavy (non-hydrogen) atoms. The molecule has 3 heterocycles. The minimum absolute atomic E-state index is 0.0800. The minimum atomic E-state index is -0.898. The molecule has 7 N–H and O–H groups in total. The molecule has 2 fully saturated rings. The number of aliphatic hydroxyl groups excluding tert-OH is 2. The minimum Gasteiger partial charge on any atom is -0.390 e. The Morgan fingerprint density at radius 3 is 2.13 bits per heavy atom. The number of nitrogens with two attached hydrogens (primary N) is 2. The van der Waals surface area contributed by atoms with Crippen molar-refractivity contribution >= 4 is 33.3 Å². The van der Waals surface area contributed by atoms with Gasteiger partial charge in [-0.2, -0.15) is 4.98 Å². The summed E-state index contributed by atoms with van der Waals surface area (Å²) in [6.07, 6.45) is 5.56. The van der Waals surface area contributed by atoms with Crippen molar-refractivity contribution in [3.63, 3.8) is 0 Å². The molecule has 2 saturated carbocycles. The average Bonchev–Trinajstić information content (AvgIpc) is 3.53. The van der Waals surface area contributed by atoms with Gasteiger partial charge in [0.25, 0.3) is 0 Å². The second-order valence-electron chi connectivity index (χ2n) is 11.3. The van der Waals surface area contributed by atoms with Crippen molar-refractivity contribution in [2.45, 2.75) is 91.1 Å². The molecule has 216 valence electrons. The molecule has 11 heteroatoms. The Balaban J connectivity index is 0.000000180. The molecule has 2 aliphatic rings. The first-order valence-electron chi connectivity index (χ1n) is 13.5. The monoisotopic (exact) mass is 560 g/mol. The maximum Gasteiger partial charge on any atom is 0.222 e. The molecular formula is C28H44N6O4S. The van der Waals surface area contributed by atoms with Gasteiger partial charge in [0.15, 0.2) is 0 Å². The molecule has 5 rings (SSSR count). The molecule has 0 aliphatic heterocycles. The van der Waals surface area contributed by atoms with Crippen LogP contribution in [0.15, 0.2) is 12.3 Å². The van der Waals surface area contributed by atoms with Crippen LogP contribution in [0.25, 0.3) is 20.8 Å². The number of hydrogen-bond acceptors (Lipinski definition) is 11. The van der Waals surface area contributed by atoms with Crippen molar-refractivity contribution in [3.05, 3.63) is 23.7 Å². The van der Waals surface area contributed by atoms with Crippen molar-refractivity contribution in [2.24, 2.45) is 17.8 Å². The van der Waals surface area contributed by atoms with Gasteiger partial charge in [-0.1, -0.05) is 20.3 Å². The standard InChI is InChI=1S/C12H12N6S.C9H18O3.C7H14O/c1-5-8(10(13)18-12(14)16-5)11-17-9-6(2)15-4-3-7(9)19-11;1-5-4-6(9(2,3)12)8(11)7(5)10;1-6-4-3-5-7(6)8-2/h3-4H,1-2H3,(H4,13,14,16,18);5-8,10-12H,4H2,1-3H3;6-7H,3-5H2,1-2H3/t;5-,6?,7+,8-;6-,7+/m.10/s1. The van der Waals surface area contributed by atoms with Gasteiger partial charge in [0.05, 0.1) is 45.6 Å². The van der Waals surface area contributed by atoms with Crippen LogP contribution in [0.5, 0.6) is 0 Å². The first-order valence-corrected chi connectivity index (χ1v) is 14.3. The number of rotatable bonds is 3. The van der Waals surface area contributed by atoms with Gasteiger partial charge in [-0.15, -0.1) is 11.3 Å². The number of pyridine rings is 1. The topological polar surface area (TPSA) is 174 Å². The molecule has 0 amide bonds. The molecule has 3 aromatic rings. The highest BCUT2D eigenvalue weighted by Gasteiger charge is 2.45. The first kappa shape index (κ1) is 31.1. The Morgan fingerprint density at radius 2 is 1.69 bits per heavy atom. The zero-order valence-corrected chi connectivity index (χ0v) is 24.9. The lowest BCUT2D eigenvalue weighted by Gasteiger charge is -2.28. The van der Waals surface area contributed by atoms with Crippen molar-refractivity contribution in [1.29, 1.82) is 0 Å². The quantitative estimate of drug-likeness (QED) is 0.316. The summed E-state index contributed by atoms with van der Waals surface area (Å²) in [6.45, 7) is 11.3. The third kappa shape index (κ3) is 7.40. The number of hydrogen-bond donors (Lipinski definition) is 5. The Kier molecular flexibility index (Phi) is 10.2. The van der Waals surface area contributed by atoms with Crippen LogP contribution in [0.2, 0.25) is 0 Å². The predicted molar refractivity (Wildman–Crippen MR) is 156 cm³/mol. The Bertz CT molecular complexity index is 1220. The van der Waals surface area contributed by atoms with Crippen LogP contribution in [0.3, 0.4) is 0 Å². The Labute approximate surface area is 234 Å². The Morgan fingerprint density at radius 1 is 1.00 bits per heavy atom. The van der Waals surface area contributed by atoms with Crippen molar-refractivity contribution < 1.29 is 20.1 Å². The zero-order valence-electron chi connectivity index (χ0n) is 24.0. The maximum atomic E-state index is 9.65. The molecule has 10 nitrogen and oxygen atoms in total. The third-order valence-corrected chi connectivity index (χ3v) is 8.84. The van der Waals surface area contributed by atoms with E-state index in [1.54, 1.807) is 31.4 Å².